The van der Waals surface area contributed by atoms with Crippen LogP contribution < -0.4 is 18.9 Å². The molecule has 0 saturated carbocycles. The van der Waals surface area contributed by atoms with Crippen molar-refractivity contribution in [1.82, 2.24) is 0 Å². The van der Waals surface area contributed by atoms with E-state index in [1.807, 2.05) is 0 Å². The first-order chi connectivity index (χ1) is 3.13. The van der Waals surface area contributed by atoms with Crippen LogP contribution in [0, 0.1) is 0 Å². The summed E-state index contributed by atoms with van der Waals surface area (Å²) in [5, 5.41) is 4.28. The monoisotopic (exact) mass is 143 g/mol. The van der Waals surface area contributed by atoms with E-state index in [1.54, 1.807) is 0 Å². The molecule has 1 nitrogen and oxygen atoms in total. The summed E-state index contributed by atoms with van der Waals surface area (Å²) >= 11 is 0. The maximum absolute atomic E-state index is 4.28. The Bertz CT molecular complexity index is 42.3. The van der Waals surface area contributed by atoms with Gasteiger partial charge in [0.2, 0.25) is 0 Å². The quantitative estimate of drug-likeness (QED) is 0.468. The molecule has 0 aromatic rings. The van der Waals surface area contributed by atoms with Crippen LogP contribution in [0.5, 0.6) is 0 Å². The Morgan fingerprint density at radius 1 is 0.889 bits per heavy atom. The molecule has 3 heteroatoms. The van der Waals surface area contributed by atoms with Crippen LogP contribution in [0.2, 0.25) is 0 Å². The van der Waals surface area contributed by atoms with Gasteiger partial charge in [0.15, 0.2) is 0 Å². The first kappa shape index (κ1) is 16.4. The van der Waals surface area contributed by atoms with Crippen molar-refractivity contribution in [2.24, 2.45) is 0 Å². The first-order valence-electron chi connectivity index (χ1n) is 2.83. The molecule has 0 radical (unpaired) electrons. The molecule has 0 heterocycles. The van der Waals surface area contributed by atoms with E-state index in [0.717, 1.165) is 0 Å². The van der Waals surface area contributed by atoms with Crippen molar-refractivity contribution in [2.75, 3.05) is 0 Å². The van der Waals surface area contributed by atoms with Gasteiger partial charge >= 0.3 is 18.9 Å². The second-order valence-electron chi connectivity index (χ2n) is 2.34. The van der Waals surface area contributed by atoms with Crippen molar-refractivity contribution >= 4 is 12.4 Å². The number of halogens is 1. The molecule has 9 heavy (non-hydrogen) atoms. The Hall–Kier alpha value is 0.847. The third kappa shape index (κ3) is 17.7. The van der Waals surface area contributed by atoms with E-state index in [4.69, 9.17) is 0 Å². The molecule has 0 fully saturated rings. The average molecular weight is 144 g/mol. The third-order valence-corrected chi connectivity index (χ3v) is 0.596. The van der Waals surface area contributed by atoms with E-state index in [1.165, 1.54) is 0 Å². The normalized spacial score (nSPS) is 8.67. The zero-order valence-corrected chi connectivity index (χ0v) is 7.83. The molecule has 0 atom stereocenters. The zero-order valence-electron chi connectivity index (χ0n) is 7.01. The minimum absolute atomic E-state index is 0. The minimum atomic E-state index is 0. The summed E-state index contributed by atoms with van der Waals surface area (Å²) in [6.45, 7) is 8.39. The van der Waals surface area contributed by atoms with Crippen LogP contribution >= 0.6 is 12.4 Å². The SMILES string of the molecule is CC(C)[N-]C(C)C.Cl.[Li+]. The molecule has 0 rings (SSSR count). The summed E-state index contributed by atoms with van der Waals surface area (Å²) in [5.74, 6) is 0. The van der Waals surface area contributed by atoms with Crippen LogP contribution in [0.1, 0.15) is 27.7 Å². The minimum Gasteiger partial charge on any atom is -0.658 e. The molecular formula is C6H15ClLiN. The molecule has 0 spiro atoms. The molecule has 0 bridgehead atoms. The van der Waals surface area contributed by atoms with Crippen molar-refractivity contribution < 1.29 is 18.9 Å². The maximum Gasteiger partial charge on any atom is 1.00 e. The summed E-state index contributed by atoms with van der Waals surface area (Å²) < 4.78 is 0. The molecular weight excluding hydrogens is 128 g/mol. The van der Waals surface area contributed by atoms with Gasteiger partial charge < -0.3 is 5.32 Å². The summed E-state index contributed by atoms with van der Waals surface area (Å²) in [7, 11) is 0. The summed E-state index contributed by atoms with van der Waals surface area (Å²) in [6.07, 6.45) is 0. The van der Waals surface area contributed by atoms with Gasteiger partial charge in [0.25, 0.3) is 0 Å². The van der Waals surface area contributed by atoms with Crippen molar-refractivity contribution in [3.05, 3.63) is 5.32 Å². The Labute approximate surface area is 76.6 Å². The fraction of sp³-hybridized carbons (Fsp3) is 1.00. The fourth-order valence-electron chi connectivity index (χ4n) is 0.596. The Morgan fingerprint density at radius 2 is 1.11 bits per heavy atom. The van der Waals surface area contributed by atoms with Gasteiger partial charge in [0, 0.05) is 0 Å². The Morgan fingerprint density at radius 3 is 1.11 bits per heavy atom. The van der Waals surface area contributed by atoms with Gasteiger partial charge in [-0.25, -0.2) is 0 Å². The molecule has 0 N–H and O–H groups in total. The van der Waals surface area contributed by atoms with Gasteiger partial charge in [-0.3, -0.25) is 0 Å². The van der Waals surface area contributed by atoms with E-state index in [-0.39, 0.29) is 31.3 Å². The third-order valence-electron chi connectivity index (χ3n) is 0.596. The maximum atomic E-state index is 4.28. The van der Waals surface area contributed by atoms with Crippen molar-refractivity contribution in [3.8, 4) is 0 Å². The van der Waals surface area contributed by atoms with Crippen LogP contribution in [0.3, 0.4) is 0 Å². The number of hydrogen-bond donors (Lipinski definition) is 0. The first-order valence-corrected chi connectivity index (χ1v) is 2.83. The second kappa shape index (κ2) is 8.85. The van der Waals surface area contributed by atoms with E-state index in [9.17, 15) is 0 Å². The van der Waals surface area contributed by atoms with E-state index >= 15 is 0 Å². The van der Waals surface area contributed by atoms with Crippen LogP contribution in [0.15, 0.2) is 0 Å². The molecule has 0 aliphatic carbocycles. The van der Waals surface area contributed by atoms with E-state index in [2.05, 4.69) is 33.0 Å². The van der Waals surface area contributed by atoms with Gasteiger partial charge in [-0.1, -0.05) is 27.7 Å². The van der Waals surface area contributed by atoms with Gasteiger partial charge in [0.05, 0.1) is 0 Å². The molecule has 0 aliphatic heterocycles. The Kier molecular flexibility index (Phi) is 16.2. The van der Waals surface area contributed by atoms with Crippen molar-refractivity contribution in [1.29, 1.82) is 0 Å². The van der Waals surface area contributed by atoms with E-state index in [0.29, 0.717) is 12.1 Å². The smallest absolute Gasteiger partial charge is 0.658 e. The van der Waals surface area contributed by atoms with Crippen molar-refractivity contribution in [3.63, 3.8) is 0 Å². The number of rotatable bonds is 2. The standard InChI is InChI=1S/C6H14N.ClH.Li/c1-5(2)7-6(3)4;;/h5-6H,1-4H3;1H;/q-1;;+1. The predicted molar refractivity (Wildman–Crippen MR) is 40.9 cm³/mol. The molecule has 52 valence electrons. The number of nitrogens with zero attached hydrogens (tertiary/aromatic N) is 1. The van der Waals surface area contributed by atoms with Gasteiger partial charge in [-0.05, 0) is 0 Å². The Balaban J connectivity index is -0.000000180. The average Bonchev–Trinajstić information content (AvgIpc) is 1.27. The van der Waals surface area contributed by atoms with Crippen molar-refractivity contribution in [2.45, 2.75) is 39.8 Å². The molecule has 0 saturated heterocycles. The molecule has 0 unspecified atom stereocenters. The fourth-order valence-corrected chi connectivity index (χ4v) is 0.596. The predicted octanol–water partition coefficient (Wildman–Crippen LogP) is -0.397. The van der Waals surface area contributed by atoms with E-state index < -0.39 is 0 Å². The van der Waals surface area contributed by atoms with Crippen LogP contribution in [-0.2, 0) is 0 Å². The molecule has 0 aromatic carbocycles. The van der Waals surface area contributed by atoms with Crippen LogP contribution in [-0.4, -0.2) is 12.1 Å². The van der Waals surface area contributed by atoms with Gasteiger partial charge in [0.1, 0.15) is 0 Å². The van der Waals surface area contributed by atoms with Gasteiger partial charge in [-0.15, -0.1) is 24.5 Å². The summed E-state index contributed by atoms with van der Waals surface area (Å²) in [5.41, 5.74) is 0. The molecule has 0 aromatic heterocycles. The molecule has 0 amide bonds. The summed E-state index contributed by atoms with van der Waals surface area (Å²) in [4.78, 5) is 0. The summed E-state index contributed by atoms with van der Waals surface area (Å²) in [6, 6.07) is 1.000. The topological polar surface area (TPSA) is 14.1 Å². The van der Waals surface area contributed by atoms with Gasteiger partial charge in [-0.2, -0.15) is 0 Å². The van der Waals surface area contributed by atoms with Crippen LogP contribution in [0.25, 0.3) is 5.32 Å². The largest absolute Gasteiger partial charge is 1.00 e. The number of hydrogen-bond acceptors (Lipinski definition) is 0. The van der Waals surface area contributed by atoms with Crippen LogP contribution in [0.4, 0.5) is 0 Å². The molecule has 0 aliphatic rings. The zero-order chi connectivity index (χ0) is 5.86. The second-order valence-corrected chi connectivity index (χ2v) is 2.34.